The highest BCUT2D eigenvalue weighted by molar-refractivity contribution is 5.79. The van der Waals surface area contributed by atoms with Crippen LogP contribution in [-0.4, -0.2) is 41.2 Å². The number of rotatable bonds is 10. The second-order valence-corrected chi connectivity index (χ2v) is 7.24. The number of guanidine groups is 1. The molecule has 0 saturated heterocycles. The molecule has 0 fully saturated rings. The fraction of sp³-hybridized carbons (Fsp3) is 0.333. The summed E-state index contributed by atoms with van der Waals surface area (Å²) < 4.78 is 21.0. The van der Waals surface area contributed by atoms with Gasteiger partial charge >= 0.3 is 0 Å². The van der Waals surface area contributed by atoms with Crippen LogP contribution in [0.1, 0.15) is 25.2 Å². The van der Waals surface area contributed by atoms with Gasteiger partial charge in [-0.15, -0.1) is 0 Å². The first-order valence-corrected chi connectivity index (χ1v) is 10.6. The summed E-state index contributed by atoms with van der Waals surface area (Å²) in [5, 5.41) is 6.61. The quantitative estimate of drug-likeness (QED) is 0.386. The average Bonchev–Trinajstić information content (AvgIpc) is 3.21. The van der Waals surface area contributed by atoms with Crippen LogP contribution in [0.25, 0.3) is 0 Å². The van der Waals surface area contributed by atoms with Crippen LogP contribution in [0.15, 0.2) is 72.0 Å². The topological polar surface area (TPSA) is 63.5 Å². The molecular formula is C24H30FN5O. The largest absolute Gasteiger partial charge is 0.489 e. The number of imidazole rings is 1. The van der Waals surface area contributed by atoms with E-state index >= 15 is 0 Å². The van der Waals surface area contributed by atoms with Gasteiger partial charge in [0.15, 0.2) is 5.96 Å². The normalized spacial score (nSPS) is 12.4. The number of hydrogen-bond acceptors (Lipinski definition) is 3. The molecule has 0 bridgehead atoms. The summed E-state index contributed by atoms with van der Waals surface area (Å²) in [6.07, 6.45) is 4.50. The minimum atomic E-state index is -0.277. The molecule has 0 saturated carbocycles. The van der Waals surface area contributed by atoms with Crippen LogP contribution in [0.2, 0.25) is 0 Å². The lowest BCUT2D eigenvalue weighted by molar-refractivity contribution is 0.230. The van der Waals surface area contributed by atoms with Crippen molar-refractivity contribution in [3.63, 3.8) is 0 Å². The van der Waals surface area contributed by atoms with Crippen molar-refractivity contribution in [1.29, 1.82) is 0 Å². The van der Waals surface area contributed by atoms with Gasteiger partial charge in [-0.3, -0.25) is 0 Å². The molecule has 6 nitrogen and oxygen atoms in total. The first-order chi connectivity index (χ1) is 15.1. The number of halogens is 1. The molecular weight excluding hydrogens is 393 g/mol. The fourth-order valence-electron chi connectivity index (χ4n) is 3.13. The third-order valence-corrected chi connectivity index (χ3v) is 4.64. The number of aromatic nitrogens is 2. The molecule has 31 heavy (non-hydrogen) atoms. The van der Waals surface area contributed by atoms with E-state index in [-0.39, 0.29) is 11.9 Å². The van der Waals surface area contributed by atoms with Crippen molar-refractivity contribution in [1.82, 2.24) is 20.2 Å². The van der Waals surface area contributed by atoms with Gasteiger partial charge in [-0.1, -0.05) is 30.3 Å². The van der Waals surface area contributed by atoms with Crippen LogP contribution in [0.3, 0.4) is 0 Å². The number of benzene rings is 2. The molecule has 0 aliphatic carbocycles. The van der Waals surface area contributed by atoms with Crippen molar-refractivity contribution in [3.8, 4) is 5.75 Å². The van der Waals surface area contributed by atoms with E-state index in [2.05, 4.69) is 37.3 Å². The minimum Gasteiger partial charge on any atom is -0.489 e. The van der Waals surface area contributed by atoms with Gasteiger partial charge in [-0.25, -0.2) is 14.4 Å². The summed E-state index contributed by atoms with van der Waals surface area (Å²) >= 11 is 0. The molecule has 1 aromatic heterocycles. The number of nitrogens with zero attached hydrogens (tertiary/aromatic N) is 3. The Morgan fingerprint density at radius 1 is 1.13 bits per heavy atom. The average molecular weight is 424 g/mol. The number of aliphatic imine (C=N–C) groups is 1. The second kappa shape index (κ2) is 11.7. The molecule has 7 heteroatoms. The SMILES string of the molecule is CCNC(=NCC(C)Oc1ccc(F)cc1)NCCc1nccn1Cc1ccccc1. The van der Waals surface area contributed by atoms with Crippen LogP contribution in [0.4, 0.5) is 4.39 Å². The number of hydrogen-bond donors (Lipinski definition) is 2. The molecule has 3 rings (SSSR count). The van der Waals surface area contributed by atoms with Crippen LogP contribution >= 0.6 is 0 Å². The Labute approximate surface area is 183 Å². The Kier molecular flexibility index (Phi) is 8.46. The third kappa shape index (κ3) is 7.44. The molecule has 0 spiro atoms. The van der Waals surface area contributed by atoms with E-state index in [0.29, 0.717) is 18.8 Å². The highest BCUT2D eigenvalue weighted by Gasteiger charge is 2.07. The van der Waals surface area contributed by atoms with Gasteiger partial charge in [0.25, 0.3) is 0 Å². The maximum Gasteiger partial charge on any atom is 0.191 e. The van der Waals surface area contributed by atoms with Crippen LogP contribution in [0, 0.1) is 5.82 Å². The summed E-state index contributed by atoms with van der Waals surface area (Å²) in [4.78, 5) is 9.10. The Bertz CT molecular complexity index is 940. The van der Waals surface area contributed by atoms with Crippen LogP contribution in [-0.2, 0) is 13.0 Å². The fourth-order valence-corrected chi connectivity index (χ4v) is 3.13. The number of ether oxygens (including phenoxy) is 1. The molecule has 2 N–H and O–H groups in total. The smallest absolute Gasteiger partial charge is 0.191 e. The van der Waals surface area contributed by atoms with E-state index in [1.807, 2.05) is 44.4 Å². The zero-order valence-electron chi connectivity index (χ0n) is 18.1. The Balaban J connectivity index is 1.49. The summed E-state index contributed by atoms with van der Waals surface area (Å²) in [5.41, 5.74) is 1.25. The zero-order valence-corrected chi connectivity index (χ0v) is 18.1. The minimum absolute atomic E-state index is 0.134. The van der Waals surface area contributed by atoms with Crippen molar-refractivity contribution >= 4 is 5.96 Å². The van der Waals surface area contributed by atoms with Gasteiger partial charge < -0.3 is 19.9 Å². The standard InChI is InChI=1S/C24H30FN5O/c1-3-26-24(29-17-19(2)31-22-11-9-21(25)10-12-22)28-14-13-23-27-15-16-30(23)18-20-7-5-4-6-8-20/h4-12,15-16,19H,3,13-14,17-18H2,1-2H3,(H2,26,28,29). The lowest BCUT2D eigenvalue weighted by atomic mass is 10.2. The van der Waals surface area contributed by atoms with E-state index in [1.54, 1.807) is 12.1 Å². The van der Waals surface area contributed by atoms with Crippen LogP contribution in [0.5, 0.6) is 5.75 Å². The Hall–Kier alpha value is -3.35. The van der Waals surface area contributed by atoms with Gasteiger partial charge in [-0.05, 0) is 43.7 Å². The van der Waals surface area contributed by atoms with Gasteiger partial charge in [0.1, 0.15) is 23.5 Å². The van der Waals surface area contributed by atoms with Gasteiger partial charge in [0.2, 0.25) is 0 Å². The summed E-state index contributed by atoms with van der Waals surface area (Å²) in [5.74, 6) is 2.12. The zero-order chi connectivity index (χ0) is 21.9. The molecule has 0 radical (unpaired) electrons. The third-order valence-electron chi connectivity index (χ3n) is 4.64. The van der Waals surface area contributed by atoms with E-state index in [1.165, 1.54) is 17.7 Å². The van der Waals surface area contributed by atoms with Gasteiger partial charge in [0, 0.05) is 38.4 Å². The lowest BCUT2D eigenvalue weighted by Crippen LogP contribution is -2.39. The molecule has 164 valence electrons. The van der Waals surface area contributed by atoms with E-state index in [4.69, 9.17) is 4.74 Å². The van der Waals surface area contributed by atoms with Gasteiger partial charge in [0.05, 0.1) is 6.54 Å². The molecule has 1 heterocycles. The maximum atomic E-state index is 13.0. The van der Waals surface area contributed by atoms with Crippen molar-refractivity contribution < 1.29 is 9.13 Å². The van der Waals surface area contributed by atoms with E-state index < -0.39 is 0 Å². The molecule has 0 amide bonds. The molecule has 2 aromatic carbocycles. The number of nitrogens with one attached hydrogen (secondary N) is 2. The summed E-state index contributed by atoms with van der Waals surface area (Å²) in [6, 6.07) is 16.4. The molecule has 1 atom stereocenters. The Morgan fingerprint density at radius 2 is 1.90 bits per heavy atom. The second-order valence-electron chi connectivity index (χ2n) is 7.24. The molecule has 0 aliphatic rings. The first kappa shape index (κ1) is 22.3. The summed E-state index contributed by atoms with van der Waals surface area (Å²) in [7, 11) is 0. The van der Waals surface area contributed by atoms with Crippen molar-refractivity contribution in [3.05, 3.63) is 84.2 Å². The van der Waals surface area contributed by atoms with Crippen molar-refractivity contribution in [2.24, 2.45) is 4.99 Å². The highest BCUT2D eigenvalue weighted by Crippen LogP contribution is 2.13. The molecule has 3 aromatic rings. The lowest BCUT2D eigenvalue weighted by Gasteiger charge is -2.15. The van der Waals surface area contributed by atoms with E-state index in [9.17, 15) is 4.39 Å². The van der Waals surface area contributed by atoms with Gasteiger partial charge in [-0.2, -0.15) is 0 Å². The predicted octanol–water partition coefficient (Wildman–Crippen LogP) is 3.64. The van der Waals surface area contributed by atoms with Crippen molar-refractivity contribution in [2.75, 3.05) is 19.6 Å². The Morgan fingerprint density at radius 3 is 2.65 bits per heavy atom. The maximum absolute atomic E-state index is 13.0. The highest BCUT2D eigenvalue weighted by atomic mass is 19.1. The van der Waals surface area contributed by atoms with Crippen LogP contribution < -0.4 is 15.4 Å². The first-order valence-electron chi connectivity index (χ1n) is 10.6. The summed E-state index contributed by atoms with van der Waals surface area (Å²) in [6.45, 7) is 6.74. The van der Waals surface area contributed by atoms with Crippen molar-refractivity contribution in [2.45, 2.75) is 32.9 Å². The molecule has 1 unspecified atom stereocenters. The monoisotopic (exact) mass is 423 g/mol. The predicted molar refractivity (Wildman–Crippen MR) is 122 cm³/mol. The molecule has 0 aliphatic heterocycles. The van der Waals surface area contributed by atoms with E-state index in [0.717, 1.165) is 31.3 Å².